The number of para-hydroxylation sites is 1. The summed E-state index contributed by atoms with van der Waals surface area (Å²) in [5, 5.41) is 5.91. The molecule has 0 atom stereocenters. The third kappa shape index (κ3) is 4.82. The van der Waals surface area contributed by atoms with E-state index in [1.807, 2.05) is 24.3 Å². The predicted octanol–water partition coefficient (Wildman–Crippen LogP) is 3.77. The first kappa shape index (κ1) is 18.4. The molecule has 6 heteroatoms. The summed E-state index contributed by atoms with van der Waals surface area (Å²) in [5.74, 6) is 0.110. The Morgan fingerprint density at radius 2 is 1.74 bits per heavy atom. The maximum Gasteiger partial charge on any atom is 0.270 e. The summed E-state index contributed by atoms with van der Waals surface area (Å²) < 4.78 is 18.9. The lowest BCUT2D eigenvalue weighted by Gasteiger charge is -2.10. The molecular formula is C21H20FN3O2. The average molecular weight is 365 g/mol. The fraction of sp³-hybridized carbons (Fsp3) is 0.143. The van der Waals surface area contributed by atoms with Crippen LogP contribution in [0.1, 0.15) is 21.6 Å². The number of rotatable bonds is 7. The Morgan fingerprint density at radius 1 is 1.00 bits per heavy atom. The molecule has 2 N–H and O–H groups in total. The van der Waals surface area contributed by atoms with E-state index in [0.717, 1.165) is 17.0 Å². The van der Waals surface area contributed by atoms with Crippen molar-refractivity contribution in [2.45, 2.75) is 13.1 Å². The van der Waals surface area contributed by atoms with Gasteiger partial charge in [0, 0.05) is 24.2 Å². The normalized spacial score (nSPS) is 10.3. The number of amides is 1. The molecule has 0 saturated carbocycles. The summed E-state index contributed by atoms with van der Waals surface area (Å²) >= 11 is 0. The highest BCUT2D eigenvalue weighted by molar-refractivity contribution is 5.92. The molecule has 1 aromatic heterocycles. The van der Waals surface area contributed by atoms with E-state index in [4.69, 9.17) is 4.74 Å². The minimum absolute atomic E-state index is 0.112. The van der Waals surface area contributed by atoms with Crippen LogP contribution in [0.15, 0.2) is 66.9 Å². The van der Waals surface area contributed by atoms with Crippen molar-refractivity contribution < 1.29 is 13.9 Å². The van der Waals surface area contributed by atoms with Gasteiger partial charge in [0.1, 0.15) is 17.3 Å². The standard InChI is InChI=1S/C21H20FN3O2/c1-27-20-9-5-3-7-16(20)13-23-17-10-11-19(24-14-17)21(26)25-12-15-6-2-4-8-18(15)22/h2-11,14,23H,12-13H2,1H3,(H,25,26). The van der Waals surface area contributed by atoms with Crippen molar-refractivity contribution in [1.29, 1.82) is 0 Å². The van der Waals surface area contributed by atoms with Crippen molar-refractivity contribution >= 4 is 11.6 Å². The van der Waals surface area contributed by atoms with E-state index >= 15 is 0 Å². The van der Waals surface area contributed by atoms with E-state index in [0.29, 0.717) is 12.1 Å². The van der Waals surface area contributed by atoms with E-state index in [-0.39, 0.29) is 24.0 Å². The highest BCUT2D eigenvalue weighted by atomic mass is 19.1. The molecule has 1 heterocycles. The quantitative estimate of drug-likeness (QED) is 0.669. The van der Waals surface area contributed by atoms with Crippen LogP contribution in [0.2, 0.25) is 0 Å². The summed E-state index contributed by atoms with van der Waals surface area (Å²) in [7, 11) is 1.63. The molecule has 0 fully saturated rings. The summed E-state index contributed by atoms with van der Waals surface area (Å²) in [6, 6.07) is 17.5. The maximum absolute atomic E-state index is 13.6. The van der Waals surface area contributed by atoms with Gasteiger partial charge in [-0.25, -0.2) is 9.37 Å². The van der Waals surface area contributed by atoms with Crippen LogP contribution in [0.5, 0.6) is 5.75 Å². The number of ether oxygens (including phenoxy) is 1. The molecule has 2 aromatic carbocycles. The van der Waals surface area contributed by atoms with Crippen LogP contribution in [0.3, 0.4) is 0 Å². The van der Waals surface area contributed by atoms with E-state index in [1.54, 1.807) is 43.6 Å². The largest absolute Gasteiger partial charge is 0.496 e. The number of nitrogens with one attached hydrogen (secondary N) is 2. The first-order valence-electron chi connectivity index (χ1n) is 8.51. The first-order valence-corrected chi connectivity index (χ1v) is 8.51. The fourth-order valence-corrected chi connectivity index (χ4v) is 2.59. The van der Waals surface area contributed by atoms with Gasteiger partial charge in [0.2, 0.25) is 0 Å². The van der Waals surface area contributed by atoms with Gasteiger partial charge in [-0.15, -0.1) is 0 Å². The van der Waals surface area contributed by atoms with Crippen LogP contribution in [-0.4, -0.2) is 18.0 Å². The van der Waals surface area contributed by atoms with Crippen LogP contribution in [-0.2, 0) is 13.1 Å². The molecule has 1 amide bonds. The topological polar surface area (TPSA) is 63.2 Å². The van der Waals surface area contributed by atoms with Gasteiger partial charge < -0.3 is 15.4 Å². The summed E-state index contributed by atoms with van der Waals surface area (Å²) in [4.78, 5) is 16.3. The predicted molar refractivity (Wildman–Crippen MR) is 102 cm³/mol. The number of methoxy groups -OCH3 is 1. The molecular weight excluding hydrogens is 345 g/mol. The Bertz CT molecular complexity index is 913. The van der Waals surface area contributed by atoms with Crippen molar-refractivity contribution in [1.82, 2.24) is 10.3 Å². The molecule has 0 bridgehead atoms. The maximum atomic E-state index is 13.6. The number of carbonyl (C=O) groups is 1. The summed E-state index contributed by atoms with van der Waals surface area (Å²) in [5.41, 5.74) is 2.51. The second-order valence-electron chi connectivity index (χ2n) is 5.87. The third-order valence-corrected chi connectivity index (χ3v) is 4.07. The summed E-state index contributed by atoms with van der Waals surface area (Å²) in [6.45, 7) is 0.686. The number of benzene rings is 2. The second kappa shape index (κ2) is 8.80. The number of anilines is 1. The number of halogens is 1. The van der Waals surface area contributed by atoms with E-state index in [2.05, 4.69) is 15.6 Å². The SMILES string of the molecule is COc1ccccc1CNc1ccc(C(=O)NCc2ccccc2F)nc1. The van der Waals surface area contributed by atoms with Crippen molar-refractivity contribution in [3.05, 3.63) is 89.5 Å². The fourth-order valence-electron chi connectivity index (χ4n) is 2.59. The van der Waals surface area contributed by atoms with Gasteiger partial charge in [-0.05, 0) is 24.3 Å². The number of hydrogen-bond acceptors (Lipinski definition) is 4. The Labute approximate surface area is 157 Å². The van der Waals surface area contributed by atoms with Gasteiger partial charge in [0.25, 0.3) is 5.91 Å². The zero-order valence-corrected chi connectivity index (χ0v) is 14.9. The van der Waals surface area contributed by atoms with E-state index in [1.165, 1.54) is 6.07 Å². The highest BCUT2D eigenvalue weighted by Crippen LogP contribution is 2.18. The van der Waals surface area contributed by atoms with Gasteiger partial charge >= 0.3 is 0 Å². The number of aromatic nitrogens is 1. The molecule has 3 aromatic rings. The van der Waals surface area contributed by atoms with Gasteiger partial charge in [-0.3, -0.25) is 4.79 Å². The highest BCUT2D eigenvalue weighted by Gasteiger charge is 2.09. The molecule has 0 aliphatic carbocycles. The minimum Gasteiger partial charge on any atom is -0.496 e. The van der Waals surface area contributed by atoms with Gasteiger partial charge in [-0.1, -0.05) is 36.4 Å². The number of hydrogen-bond donors (Lipinski definition) is 2. The van der Waals surface area contributed by atoms with Crippen LogP contribution < -0.4 is 15.4 Å². The molecule has 0 aliphatic heterocycles. The lowest BCUT2D eigenvalue weighted by atomic mass is 10.2. The van der Waals surface area contributed by atoms with Crippen molar-refractivity contribution in [2.75, 3.05) is 12.4 Å². The molecule has 0 radical (unpaired) electrons. The van der Waals surface area contributed by atoms with Crippen molar-refractivity contribution in [3.63, 3.8) is 0 Å². The van der Waals surface area contributed by atoms with Crippen LogP contribution in [0.25, 0.3) is 0 Å². The number of pyridine rings is 1. The molecule has 0 saturated heterocycles. The zero-order valence-electron chi connectivity index (χ0n) is 14.9. The van der Waals surface area contributed by atoms with Gasteiger partial charge in [-0.2, -0.15) is 0 Å². The molecule has 0 aliphatic rings. The lowest BCUT2D eigenvalue weighted by Crippen LogP contribution is -2.24. The Kier molecular flexibility index (Phi) is 5.99. The first-order chi connectivity index (χ1) is 13.2. The second-order valence-corrected chi connectivity index (χ2v) is 5.87. The number of carbonyl (C=O) groups excluding carboxylic acids is 1. The smallest absolute Gasteiger partial charge is 0.270 e. The average Bonchev–Trinajstić information content (AvgIpc) is 2.72. The molecule has 3 rings (SSSR count). The third-order valence-electron chi connectivity index (χ3n) is 4.07. The van der Waals surface area contributed by atoms with E-state index < -0.39 is 0 Å². The molecule has 27 heavy (non-hydrogen) atoms. The number of nitrogens with zero attached hydrogens (tertiary/aromatic N) is 1. The molecule has 5 nitrogen and oxygen atoms in total. The van der Waals surface area contributed by atoms with Gasteiger partial charge in [0.05, 0.1) is 19.0 Å². The summed E-state index contributed by atoms with van der Waals surface area (Å²) in [6.07, 6.45) is 1.59. The molecule has 0 unspecified atom stereocenters. The monoisotopic (exact) mass is 365 g/mol. The van der Waals surface area contributed by atoms with Crippen LogP contribution in [0, 0.1) is 5.82 Å². The Balaban J connectivity index is 1.56. The molecule has 0 spiro atoms. The van der Waals surface area contributed by atoms with Gasteiger partial charge in [0.15, 0.2) is 0 Å². The molecule has 138 valence electrons. The minimum atomic E-state index is -0.352. The zero-order chi connectivity index (χ0) is 19.1. The van der Waals surface area contributed by atoms with E-state index in [9.17, 15) is 9.18 Å². The van der Waals surface area contributed by atoms with Crippen molar-refractivity contribution in [2.24, 2.45) is 0 Å². The van der Waals surface area contributed by atoms with Crippen LogP contribution in [0.4, 0.5) is 10.1 Å². The Morgan fingerprint density at radius 3 is 2.44 bits per heavy atom. The Hall–Kier alpha value is -3.41. The van der Waals surface area contributed by atoms with Crippen molar-refractivity contribution in [3.8, 4) is 5.75 Å². The van der Waals surface area contributed by atoms with Crippen LogP contribution >= 0.6 is 0 Å². The lowest BCUT2D eigenvalue weighted by molar-refractivity contribution is 0.0945.